The zero-order valence-electron chi connectivity index (χ0n) is 17.5. The Morgan fingerprint density at radius 2 is 1.91 bits per heavy atom. The molecule has 33 heavy (non-hydrogen) atoms. The summed E-state index contributed by atoms with van der Waals surface area (Å²) in [7, 11) is 0. The molecule has 2 aromatic carbocycles. The maximum absolute atomic E-state index is 14.6. The first-order valence-corrected chi connectivity index (χ1v) is 9.81. The molecule has 174 valence electrons. The zero-order chi connectivity index (χ0) is 24.4. The highest BCUT2D eigenvalue weighted by molar-refractivity contribution is 6.11. The van der Waals surface area contributed by atoms with Gasteiger partial charge < -0.3 is 27.3 Å². The van der Waals surface area contributed by atoms with Crippen LogP contribution in [0.25, 0.3) is 5.70 Å². The van der Waals surface area contributed by atoms with Crippen LogP contribution in [-0.2, 0) is 0 Å². The summed E-state index contributed by atoms with van der Waals surface area (Å²) in [5.74, 6) is -2.16. The molecule has 0 aliphatic carbocycles. The number of hydrogen-bond donors (Lipinski definition) is 5. The second-order valence-corrected chi connectivity index (χ2v) is 6.86. The second kappa shape index (κ2) is 12.2. The summed E-state index contributed by atoms with van der Waals surface area (Å²) in [5.41, 5.74) is 10.7. The molecule has 2 rings (SSSR count). The van der Waals surface area contributed by atoms with E-state index in [0.29, 0.717) is 5.56 Å². The average molecular weight is 459 g/mol. The monoisotopic (exact) mass is 459 g/mol. The number of carbonyl (C=O) groups is 1. The van der Waals surface area contributed by atoms with E-state index >= 15 is 0 Å². The molecule has 0 heterocycles. The highest BCUT2D eigenvalue weighted by atomic mass is 19.1. The van der Waals surface area contributed by atoms with Crippen LogP contribution >= 0.6 is 0 Å². The fraction of sp³-hybridized carbons (Fsp3) is 0.174. The number of allylic oxidation sites excluding steroid dienone is 2. The maximum Gasteiger partial charge on any atom is 0.252 e. The van der Waals surface area contributed by atoms with Gasteiger partial charge in [-0.2, -0.15) is 0 Å². The van der Waals surface area contributed by atoms with E-state index in [-0.39, 0.29) is 29.1 Å². The third kappa shape index (κ3) is 7.04. The van der Waals surface area contributed by atoms with Crippen LogP contribution in [0.4, 0.5) is 13.2 Å². The minimum absolute atomic E-state index is 0.133. The van der Waals surface area contributed by atoms with E-state index in [1.165, 1.54) is 42.8 Å². The Hall–Kier alpha value is -3.92. The van der Waals surface area contributed by atoms with Crippen LogP contribution in [0.1, 0.15) is 21.5 Å². The lowest BCUT2D eigenvalue weighted by molar-refractivity contribution is 0.0875. The Bertz CT molecular complexity index is 1070. The van der Waals surface area contributed by atoms with Gasteiger partial charge in [-0.1, -0.05) is 6.07 Å². The van der Waals surface area contributed by atoms with Crippen LogP contribution in [0.15, 0.2) is 65.8 Å². The Morgan fingerprint density at radius 3 is 2.55 bits per heavy atom. The molecule has 1 amide bonds. The first-order valence-electron chi connectivity index (χ1n) is 9.81. The molecule has 0 saturated heterocycles. The van der Waals surface area contributed by atoms with Gasteiger partial charge in [-0.15, -0.1) is 0 Å². The number of nitrogens with zero attached hydrogens (tertiary/aromatic N) is 1. The Balaban J connectivity index is 2.33. The standard InChI is InChI=1S/C23H24F3N5O2/c24-15-7-5-14(6-8-15)19(28)11-20(29)22-16(3-1-4-17(22)25)23(33)31-21(18(26)13-32)12-30-10-2-9-27/h1-11,18,21,28,32H,12-13,27,29H2,(H,31,33)/t18-,21-/m1/s1. The lowest BCUT2D eigenvalue weighted by Gasteiger charge is -2.20. The topological polar surface area (TPSA) is 138 Å². The molecule has 0 aliphatic rings. The quantitative estimate of drug-likeness (QED) is 0.348. The molecular weight excluding hydrogens is 435 g/mol. The highest BCUT2D eigenvalue weighted by Crippen LogP contribution is 2.21. The molecule has 10 heteroatoms. The van der Waals surface area contributed by atoms with Gasteiger partial charge in [0, 0.05) is 17.5 Å². The Morgan fingerprint density at radius 1 is 1.21 bits per heavy atom. The number of nitrogens with two attached hydrogens (primary N) is 2. The molecule has 2 aromatic rings. The van der Waals surface area contributed by atoms with Crippen molar-refractivity contribution >= 4 is 23.5 Å². The molecule has 0 saturated carbocycles. The molecule has 0 aliphatic heterocycles. The minimum Gasteiger partial charge on any atom is -0.405 e. The van der Waals surface area contributed by atoms with Crippen molar-refractivity contribution in [3.8, 4) is 0 Å². The van der Waals surface area contributed by atoms with Crippen molar-refractivity contribution in [1.29, 1.82) is 5.41 Å². The van der Waals surface area contributed by atoms with Crippen molar-refractivity contribution in [3.63, 3.8) is 0 Å². The number of hydrogen-bond acceptors (Lipinski definition) is 6. The number of aliphatic hydroxyl groups excluding tert-OH is 1. The SMILES string of the molecule is N=C(C=C(N)c1c(F)cccc1C(=O)N[C@H](CN=CC=CN)[C@H](F)CO)c1ccc(F)cc1. The first kappa shape index (κ1) is 25.3. The van der Waals surface area contributed by atoms with Crippen LogP contribution in [0.3, 0.4) is 0 Å². The average Bonchev–Trinajstić information content (AvgIpc) is 2.80. The summed E-state index contributed by atoms with van der Waals surface area (Å²) < 4.78 is 41.9. The van der Waals surface area contributed by atoms with Crippen LogP contribution in [0, 0.1) is 17.0 Å². The molecule has 0 spiro atoms. The number of aliphatic hydroxyl groups is 1. The van der Waals surface area contributed by atoms with Crippen molar-refractivity contribution in [1.82, 2.24) is 5.32 Å². The Kier molecular flexibility index (Phi) is 9.37. The van der Waals surface area contributed by atoms with Crippen molar-refractivity contribution in [2.24, 2.45) is 16.5 Å². The number of carbonyl (C=O) groups excluding carboxylic acids is 1. The molecule has 7 nitrogen and oxygen atoms in total. The van der Waals surface area contributed by atoms with Crippen LogP contribution in [0.5, 0.6) is 0 Å². The predicted molar refractivity (Wildman–Crippen MR) is 122 cm³/mol. The molecule has 0 aromatic heterocycles. The Labute approximate surface area is 188 Å². The molecule has 0 radical (unpaired) electrons. The van der Waals surface area contributed by atoms with E-state index < -0.39 is 36.4 Å². The van der Waals surface area contributed by atoms with E-state index in [1.54, 1.807) is 0 Å². The maximum atomic E-state index is 14.6. The summed E-state index contributed by atoms with van der Waals surface area (Å²) >= 11 is 0. The highest BCUT2D eigenvalue weighted by Gasteiger charge is 2.25. The number of aliphatic imine (C=N–C) groups is 1. The predicted octanol–water partition coefficient (Wildman–Crippen LogP) is 2.30. The third-order valence-corrected chi connectivity index (χ3v) is 4.53. The molecule has 0 bridgehead atoms. The summed E-state index contributed by atoms with van der Waals surface area (Å²) in [4.78, 5) is 16.8. The first-order chi connectivity index (χ1) is 15.8. The molecule has 7 N–H and O–H groups in total. The van der Waals surface area contributed by atoms with E-state index in [1.807, 2.05) is 0 Å². The fourth-order valence-corrected chi connectivity index (χ4v) is 2.86. The smallest absolute Gasteiger partial charge is 0.252 e. The third-order valence-electron chi connectivity index (χ3n) is 4.53. The number of benzene rings is 2. The minimum atomic E-state index is -1.83. The van der Waals surface area contributed by atoms with Crippen LogP contribution in [0.2, 0.25) is 0 Å². The largest absolute Gasteiger partial charge is 0.405 e. The van der Waals surface area contributed by atoms with Gasteiger partial charge in [0.05, 0.1) is 30.5 Å². The normalized spacial score (nSPS) is 13.9. The number of rotatable bonds is 10. The lowest BCUT2D eigenvalue weighted by Crippen LogP contribution is -2.45. The van der Waals surface area contributed by atoms with Crippen molar-refractivity contribution in [2.75, 3.05) is 13.2 Å². The summed E-state index contributed by atoms with van der Waals surface area (Å²) in [6, 6.07) is 7.50. The number of nitrogens with one attached hydrogen (secondary N) is 2. The fourth-order valence-electron chi connectivity index (χ4n) is 2.86. The van der Waals surface area contributed by atoms with Crippen LogP contribution in [-0.4, -0.2) is 48.3 Å². The molecular formula is C23H24F3N5O2. The summed E-state index contributed by atoms with van der Waals surface area (Å²) in [6.07, 6.45) is 3.23. The second-order valence-electron chi connectivity index (χ2n) is 6.86. The van der Waals surface area contributed by atoms with Gasteiger partial charge in [-0.3, -0.25) is 9.79 Å². The summed E-state index contributed by atoms with van der Waals surface area (Å²) in [6.45, 7) is -1.07. The zero-order valence-corrected chi connectivity index (χ0v) is 17.5. The van der Waals surface area contributed by atoms with Crippen molar-refractivity contribution < 1.29 is 23.1 Å². The van der Waals surface area contributed by atoms with Crippen molar-refractivity contribution in [2.45, 2.75) is 12.2 Å². The van der Waals surface area contributed by atoms with Gasteiger partial charge in [0.2, 0.25) is 0 Å². The molecule has 0 fully saturated rings. The van der Waals surface area contributed by atoms with Gasteiger partial charge in [0.1, 0.15) is 17.8 Å². The number of halogens is 3. The number of amides is 1. The van der Waals surface area contributed by atoms with E-state index in [9.17, 15) is 18.0 Å². The van der Waals surface area contributed by atoms with Gasteiger partial charge in [0.15, 0.2) is 0 Å². The van der Waals surface area contributed by atoms with Crippen LogP contribution < -0.4 is 16.8 Å². The van der Waals surface area contributed by atoms with Crippen molar-refractivity contribution in [3.05, 3.63) is 89.1 Å². The van der Waals surface area contributed by atoms with Gasteiger partial charge in [-0.25, -0.2) is 13.2 Å². The van der Waals surface area contributed by atoms with E-state index in [2.05, 4.69) is 10.3 Å². The van der Waals surface area contributed by atoms with Gasteiger partial charge in [0.25, 0.3) is 5.91 Å². The van der Waals surface area contributed by atoms with E-state index in [4.69, 9.17) is 22.0 Å². The lowest BCUT2D eigenvalue weighted by atomic mass is 10.00. The van der Waals surface area contributed by atoms with Gasteiger partial charge in [-0.05, 0) is 60.3 Å². The molecule has 0 unspecified atom stereocenters. The molecule has 2 atom stereocenters. The van der Waals surface area contributed by atoms with Gasteiger partial charge >= 0.3 is 0 Å². The summed E-state index contributed by atoms with van der Waals surface area (Å²) in [5, 5.41) is 19.7. The number of alkyl halides is 1. The van der Waals surface area contributed by atoms with E-state index in [0.717, 1.165) is 24.3 Å².